The van der Waals surface area contributed by atoms with Gasteiger partial charge in [-0.25, -0.2) is 0 Å². The van der Waals surface area contributed by atoms with E-state index in [1.54, 1.807) is 14.2 Å². The van der Waals surface area contributed by atoms with E-state index in [9.17, 15) is 0 Å². The van der Waals surface area contributed by atoms with Crippen molar-refractivity contribution in [1.82, 2.24) is 5.32 Å². The quantitative estimate of drug-likeness (QED) is 0.806. The van der Waals surface area contributed by atoms with Gasteiger partial charge in [0.25, 0.3) is 0 Å². The monoisotopic (exact) mass is 249 g/mol. The van der Waals surface area contributed by atoms with Gasteiger partial charge in [-0.3, -0.25) is 0 Å². The van der Waals surface area contributed by atoms with E-state index in [0.717, 1.165) is 18.3 Å². The molecule has 1 fully saturated rings. The summed E-state index contributed by atoms with van der Waals surface area (Å²) in [5, 5.41) is 3.67. The van der Waals surface area contributed by atoms with E-state index in [-0.39, 0.29) is 0 Å². The van der Waals surface area contributed by atoms with Crippen molar-refractivity contribution in [2.45, 2.75) is 31.8 Å². The van der Waals surface area contributed by atoms with Crippen LogP contribution in [0.1, 0.15) is 31.4 Å². The Labute approximate surface area is 109 Å². The van der Waals surface area contributed by atoms with Crippen LogP contribution in [-0.2, 0) is 4.74 Å². The minimum atomic E-state index is 0.344. The highest BCUT2D eigenvalue weighted by Gasteiger charge is 2.31. The summed E-state index contributed by atoms with van der Waals surface area (Å²) >= 11 is 0. The summed E-state index contributed by atoms with van der Waals surface area (Å²) in [4.78, 5) is 0. The van der Waals surface area contributed by atoms with Crippen molar-refractivity contribution < 1.29 is 9.47 Å². The summed E-state index contributed by atoms with van der Waals surface area (Å²) < 4.78 is 10.5. The first-order chi connectivity index (χ1) is 8.74. The number of hydrogen-bond donors (Lipinski definition) is 1. The Morgan fingerprint density at radius 1 is 1.22 bits per heavy atom. The Kier molecular flexibility index (Phi) is 4.61. The lowest BCUT2D eigenvalue weighted by Gasteiger charge is -2.23. The average molecular weight is 249 g/mol. The molecule has 100 valence electrons. The van der Waals surface area contributed by atoms with Crippen LogP contribution >= 0.6 is 0 Å². The smallest absolute Gasteiger partial charge is 0.118 e. The predicted octanol–water partition coefficient (Wildman–Crippen LogP) is 2.77. The molecule has 2 unspecified atom stereocenters. The molecule has 2 atom stereocenters. The second-order valence-corrected chi connectivity index (χ2v) is 5.06. The molecule has 3 heteroatoms. The molecule has 1 aromatic rings. The Morgan fingerprint density at radius 2 is 1.89 bits per heavy atom. The number of hydrogen-bond acceptors (Lipinski definition) is 3. The van der Waals surface area contributed by atoms with Crippen LogP contribution in [0.15, 0.2) is 24.3 Å². The zero-order valence-electron chi connectivity index (χ0n) is 11.5. The van der Waals surface area contributed by atoms with Crippen molar-refractivity contribution in [1.29, 1.82) is 0 Å². The predicted molar refractivity (Wildman–Crippen MR) is 72.9 cm³/mol. The first-order valence-corrected chi connectivity index (χ1v) is 6.63. The first kappa shape index (κ1) is 13.4. The van der Waals surface area contributed by atoms with Gasteiger partial charge in [0.15, 0.2) is 0 Å². The third kappa shape index (κ3) is 3.47. The lowest BCUT2D eigenvalue weighted by atomic mass is 10.1. The summed E-state index contributed by atoms with van der Waals surface area (Å²) in [7, 11) is 3.47. The van der Waals surface area contributed by atoms with E-state index in [4.69, 9.17) is 9.47 Å². The molecule has 2 rings (SSSR count). The largest absolute Gasteiger partial charge is 0.497 e. The molecule has 0 saturated heterocycles. The number of benzene rings is 1. The lowest BCUT2D eigenvalue weighted by Crippen LogP contribution is -2.36. The normalized spacial score (nSPS) is 18.4. The van der Waals surface area contributed by atoms with Crippen molar-refractivity contribution in [3.05, 3.63) is 29.8 Å². The number of ether oxygens (including phenoxy) is 2. The minimum Gasteiger partial charge on any atom is -0.497 e. The Balaban J connectivity index is 1.94. The van der Waals surface area contributed by atoms with Crippen LogP contribution in [-0.4, -0.2) is 26.9 Å². The fourth-order valence-electron chi connectivity index (χ4n) is 2.31. The second-order valence-electron chi connectivity index (χ2n) is 5.06. The van der Waals surface area contributed by atoms with Gasteiger partial charge >= 0.3 is 0 Å². The zero-order valence-corrected chi connectivity index (χ0v) is 11.5. The molecule has 1 aliphatic carbocycles. The number of rotatable bonds is 7. The highest BCUT2D eigenvalue weighted by atomic mass is 16.5. The molecule has 0 bridgehead atoms. The Hall–Kier alpha value is -1.06. The van der Waals surface area contributed by atoms with E-state index in [1.165, 1.54) is 18.4 Å². The number of methoxy groups -OCH3 is 2. The summed E-state index contributed by atoms with van der Waals surface area (Å²) in [6.07, 6.45) is 2.66. The van der Waals surface area contributed by atoms with Gasteiger partial charge in [-0.2, -0.15) is 0 Å². The van der Waals surface area contributed by atoms with E-state index >= 15 is 0 Å². The summed E-state index contributed by atoms with van der Waals surface area (Å²) in [6, 6.07) is 9.08. The molecule has 1 aliphatic rings. The topological polar surface area (TPSA) is 30.5 Å². The second kappa shape index (κ2) is 6.21. The molecule has 0 heterocycles. The molecule has 18 heavy (non-hydrogen) atoms. The standard InChI is InChI=1S/C15H23NO2/c1-11(12-6-8-14(18-3)9-7-12)16-15(10-17-2)13-4-5-13/h6-9,11,13,15-16H,4-5,10H2,1-3H3. The van der Waals surface area contributed by atoms with Gasteiger partial charge in [0, 0.05) is 19.2 Å². The SMILES string of the molecule is COCC(NC(C)c1ccc(OC)cc1)C1CC1. The van der Waals surface area contributed by atoms with Crippen molar-refractivity contribution >= 4 is 0 Å². The highest BCUT2D eigenvalue weighted by molar-refractivity contribution is 5.28. The fourth-order valence-corrected chi connectivity index (χ4v) is 2.31. The molecule has 1 saturated carbocycles. The minimum absolute atomic E-state index is 0.344. The third-order valence-corrected chi connectivity index (χ3v) is 3.62. The van der Waals surface area contributed by atoms with Crippen LogP contribution in [0.25, 0.3) is 0 Å². The van der Waals surface area contributed by atoms with E-state index in [2.05, 4.69) is 24.4 Å². The lowest BCUT2D eigenvalue weighted by molar-refractivity contribution is 0.152. The third-order valence-electron chi connectivity index (χ3n) is 3.62. The van der Waals surface area contributed by atoms with Gasteiger partial charge in [0.05, 0.1) is 13.7 Å². The summed E-state index contributed by atoms with van der Waals surface area (Å²) in [6.45, 7) is 3.00. The van der Waals surface area contributed by atoms with Crippen molar-refractivity contribution in [2.75, 3.05) is 20.8 Å². The van der Waals surface area contributed by atoms with Gasteiger partial charge in [0.2, 0.25) is 0 Å². The molecule has 1 N–H and O–H groups in total. The van der Waals surface area contributed by atoms with Crippen LogP contribution in [0.5, 0.6) is 5.75 Å². The van der Waals surface area contributed by atoms with Gasteiger partial charge < -0.3 is 14.8 Å². The first-order valence-electron chi connectivity index (χ1n) is 6.63. The van der Waals surface area contributed by atoms with E-state index in [0.29, 0.717) is 12.1 Å². The molecule has 0 aromatic heterocycles. The van der Waals surface area contributed by atoms with Gasteiger partial charge in [-0.1, -0.05) is 12.1 Å². The maximum Gasteiger partial charge on any atom is 0.118 e. The molecule has 0 amide bonds. The van der Waals surface area contributed by atoms with Gasteiger partial charge in [0.1, 0.15) is 5.75 Å². The summed E-state index contributed by atoms with van der Waals surface area (Å²) in [5.74, 6) is 1.70. The van der Waals surface area contributed by atoms with Gasteiger partial charge in [-0.15, -0.1) is 0 Å². The highest BCUT2D eigenvalue weighted by Crippen LogP contribution is 2.34. The molecule has 1 aromatic carbocycles. The molecule has 0 spiro atoms. The van der Waals surface area contributed by atoms with Crippen molar-refractivity contribution in [2.24, 2.45) is 5.92 Å². The molecular weight excluding hydrogens is 226 g/mol. The van der Waals surface area contributed by atoms with Gasteiger partial charge in [-0.05, 0) is 43.4 Å². The molecule has 0 aliphatic heterocycles. The molecule has 3 nitrogen and oxygen atoms in total. The summed E-state index contributed by atoms with van der Waals surface area (Å²) in [5.41, 5.74) is 1.29. The zero-order chi connectivity index (χ0) is 13.0. The van der Waals surface area contributed by atoms with Crippen molar-refractivity contribution in [3.8, 4) is 5.75 Å². The Bertz CT molecular complexity index is 359. The maximum atomic E-state index is 5.30. The van der Waals surface area contributed by atoms with Crippen LogP contribution in [0.3, 0.4) is 0 Å². The van der Waals surface area contributed by atoms with E-state index < -0.39 is 0 Å². The molecular formula is C15H23NO2. The van der Waals surface area contributed by atoms with Crippen molar-refractivity contribution in [3.63, 3.8) is 0 Å². The van der Waals surface area contributed by atoms with E-state index in [1.807, 2.05) is 12.1 Å². The van der Waals surface area contributed by atoms with Crippen LogP contribution in [0, 0.1) is 5.92 Å². The number of nitrogens with one attached hydrogen (secondary N) is 1. The Morgan fingerprint density at radius 3 is 2.39 bits per heavy atom. The van der Waals surface area contributed by atoms with Crippen LogP contribution < -0.4 is 10.1 Å². The van der Waals surface area contributed by atoms with Crippen LogP contribution in [0.2, 0.25) is 0 Å². The average Bonchev–Trinajstić information content (AvgIpc) is 3.22. The maximum absolute atomic E-state index is 5.30. The molecule has 0 radical (unpaired) electrons. The fraction of sp³-hybridized carbons (Fsp3) is 0.600. The van der Waals surface area contributed by atoms with Crippen LogP contribution in [0.4, 0.5) is 0 Å².